The van der Waals surface area contributed by atoms with E-state index in [-0.39, 0.29) is 11.4 Å². The van der Waals surface area contributed by atoms with E-state index in [1.165, 1.54) is 0 Å². The molecule has 9 heteroatoms. The van der Waals surface area contributed by atoms with Crippen LogP contribution in [0, 0.1) is 0 Å². The molecule has 0 spiro atoms. The van der Waals surface area contributed by atoms with Gasteiger partial charge in [0.25, 0.3) is 0 Å². The van der Waals surface area contributed by atoms with Gasteiger partial charge in [0.05, 0.1) is 10.4 Å². The first-order valence-corrected chi connectivity index (χ1v) is 14.2. The molecule has 5 rings (SSSR count). The Balaban J connectivity index is 1.27. The van der Waals surface area contributed by atoms with E-state index in [0.29, 0.717) is 17.9 Å². The Morgan fingerprint density at radius 3 is 2.03 bits per heavy atom. The van der Waals surface area contributed by atoms with Gasteiger partial charge in [-0.1, -0.05) is 60.7 Å². The smallest absolute Gasteiger partial charge is 0.241 e. The van der Waals surface area contributed by atoms with Gasteiger partial charge in [-0.3, -0.25) is 0 Å². The molecule has 1 aromatic heterocycles. The van der Waals surface area contributed by atoms with E-state index in [4.69, 9.17) is 0 Å². The summed E-state index contributed by atoms with van der Waals surface area (Å²) in [7, 11) is 4.11. The highest BCUT2D eigenvalue weighted by atomic mass is 32.2. The summed E-state index contributed by atoms with van der Waals surface area (Å²) in [6, 6.07) is 26.8. The van der Waals surface area contributed by atoms with E-state index in [0.717, 1.165) is 38.9 Å². The summed E-state index contributed by atoms with van der Waals surface area (Å²) in [6.07, 6.45) is 0. The molecular weight excluding hydrogens is 508 g/mol. The van der Waals surface area contributed by atoms with Gasteiger partial charge in [0.15, 0.2) is 0 Å². The van der Waals surface area contributed by atoms with Gasteiger partial charge >= 0.3 is 0 Å². The predicted octanol–water partition coefficient (Wildman–Crippen LogP) is 5.01. The second kappa shape index (κ2) is 10.9. The molecule has 0 saturated heterocycles. The van der Waals surface area contributed by atoms with Crippen molar-refractivity contribution in [2.75, 3.05) is 43.3 Å². The second-order valence-electron chi connectivity index (χ2n) is 9.80. The van der Waals surface area contributed by atoms with Gasteiger partial charge in [-0.25, -0.2) is 18.1 Å². The van der Waals surface area contributed by atoms with Crippen LogP contribution in [0.15, 0.2) is 89.8 Å². The fourth-order valence-corrected chi connectivity index (χ4v) is 5.82. The van der Waals surface area contributed by atoms with Gasteiger partial charge < -0.3 is 15.1 Å². The number of fused-ring (bicyclic) bond motifs is 2. The Kier molecular flexibility index (Phi) is 7.36. The quantitative estimate of drug-likeness (QED) is 0.272. The van der Waals surface area contributed by atoms with E-state index in [1.807, 2.05) is 111 Å². The lowest BCUT2D eigenvalue weighted by molar-refractivity contribution is 0.582. The number of nitrogens with zero attached hydrogens (tertiary/aromatic N) is 4. The molecule has 0 amide bonds. The molecule has 0 atom stereocenters. The summed E-state index contributed by atoms with van der Waals surface area (Å²) in [4.78, 5) is 13.6. The number of anilines is 3. The Labute approximate surface area is 229 Å². The second-order valence-corrected chi connectivity index (χ2v) is 11.5. The van der Waals surface area contributed by atoms with Crippen LogP contribution in [-0.4, -0.2) is 46.6 Å². The molecule has 0 radical (unpaired) electrons. The monoisotopic (exact) mass is 540 g/mol. The fourth-order valence-electron chi connectivity index (χ4n) is 4.58. The van der Waals surface area contributed by atoms with Crippen molar-refractivity contribution in [3.05, 3.63) is 96.1 Å². The SMILES string of the molecule is CN(C)c1nc(NCc2ccc(CNS(=O)(=O)c3cccc4c(N(C)C)cccc34)cc2)nc2ccccc12. The number of nitrogens with one attached hydrogen (secondary N) is 2. The lowest BCUT2D eigenvalue weighted by Gasteiger charge is -2.17. The molecule has 2 N–H and O–H groups in total. The minimum absolute atomic E-state index is 0.194. The van der Waals surface area contributed by atoms with Gasteiger partial charge in [0.2, 0.25) is 16.0 Å². The van der Waals surface area contributed by atoms with Crippen LogP contribution in [0.3, 0.4) is 0 Å². The maximum absolute atomic E-state index is 13.2. The zero-order valence-electron chi connectivity index (χ0n) is 22.5. The molecule has 5 aromatic rings. The van der Waals surface area contributed by atoms with Crippen molar-refractivity contribution in [1.82, 2.24) is 14.7 Å². The third kappa shape index (κ3) is 5.64. The Hall–Kier alpha value is -4.21. The topological polar surface area (TPSA) is 90.5 Å². The van der Waals surface area contributed by atoms with E-state index < -0.39 is 10.0 Å². The van der Waals surface area contributed by atoms with Crippen molar-refractivity contribution in [2.24, 2.45) is 0 Å². The minimum atomic E-state index is -3.71. The predicted molar refractivity (Wildman–Crippen MR) is 160 cm³/mol. The van der Waals surface area contributed by atoms with Crippen molar-refractivity contribution >= 4 is 49.2 Å². The number of aromatic nitrogens is 2. The number of benzene rings is 4. The van der Waals surface area contributed by atoms with Crippen LogP contribution in [-0.2, 0) is 23.1 Å². The molecule has 0 bridgehead atoms. The lowest BCUT2D eigenvalue weighted by Crippen LogP contribution is -2.23. The summed E-state index contributed by atoms with van der Waals surface area (Å²) < 4.78 is 29.2. The molecule has 1 heterocycles. The molecule has 39 heavy (non-hydrogen) atoms. The van der Waals surface area contributed by atoms with Gasteiger partial charge in [0.1, 0.15) is 5.82 Å². The molecule has 0 saturated carbocycles. The molecule has 8 nitrogen and oxygen atoms in total. The van der Waals surface area contributed by atoms with Crippen LogP contribution in [0.2, 0.25) is 0 Å². The number of hydrogen-bond acceptors (Lipinski definition) is 7. The van der Waals surface area contributed by atoms with Crippen molar-refractivity contribution in [3.63, 3.8) is 0 Å². The van der Waals surface area contributed by atoms with E-state index >= 15 is 0 Å². The summed E-state index contributed by atoms with van der Waals surface area (Å²) in [5.74, 6) is 1.41. The molecule has 0 unspecified atom stereocenters. The van der Waals surface area contributed by atoms with Crippen molar-refractivity contribution in [3.8, 4) is 0 Å². The zero-order valence-corrected chi connectivity index (χ0v) is 23.3. The van der Waals surface area contributed by atoms with Crippen LogP contribution in [0.25, 0.3) is 21.7 Å². The minimum Gasteiger partial charge on any atom is -0.377 e. The average Bonchev–Trinajstić information content (AvgIpc) is 2.94. The molecule has 0 fully saturated rings. The summed E-state index contributed by atoms with van der Waals surface area (Å²) >= 11 is 0. The zero-order chi connectivity index (χ0) is 27.6. The average molecular weight is 541 g/mol. The largest absolute Gasteiger partial charge is 0.377 e. The fraction of sp³-hybridized carbons (Fsp3) is 0.200. The highest BCUT2D eigenvalue weighted by molar-refractivity contribution is 7.89. The molecule has 0 aliphatic rings. The number of sulfonamides is 1. The van der Waals surface area contributed by atoms with Crippen molar-refractivity contribution < 1.29 is 8.42 Å². The van der Waals surface area contributed by atoms with Crippen LogP contribution < -0.4 is 19.8 Å². The van der Waals surface area contributed by atoms with Gasteiger partial charge in [-0.05, 0) is 35.4 Å². The van der Waals surface area contributed by atoms with Crippen molar-refractivity contribution in [1.29, 1.82) is 0 Å². The highest BCUT2D eigenvalue weighted by Crippen LogP contribution is 2.30. The standard InChI is InChI=1S/C30H32N6O2S/c1-35(2)27-13-7-11-24-23(27)10-8-14-28(24)39(37,38)32-20-22-17-15-21(16-18-22)19-31-30-33-26-12-6-5-9-25(26)29(34-30)36(3)4/h5-18,32H,19-20H2,1-4H3,(H,31,33,34). The van der Waals surface area contributed by atoms with E-state index in [9.17, 15) is 8.42 Å². The Bertz CT molecular complexity index is 1730. The van der Waals surface area contributed by atoms with Crippen LogP contribution in [0.4, 0.5) is 17.5 Å². The number of rotatable bonds is 9. The summed E-state index contributed by atoms with van der Waals surface area (Å²) in [5, 5.41) is 5.91. The van der Waals surface area contributed by atoms with Crippen molar-refractivity contribution in [2.45, 2.75) is 18.0 Å². The molecule has 0 aliphatic heterocycles. The third-order valence-corrected chi connectivity index (χ3v) is 8.04. The lowest BCUT2D eigenvalue weighted by atomic mass is 10.1. The summed E-state index contributed by atoms with van der Waals surface area (Å²) in [6.45, 7) is 0.737. The van der Waals surface area contributed by atoms with Crippen LogP contribution in [0.5, 0.6) is 0 Å². The summed E-state index contributed by atoms with van der Waals surface area (Å²) in [5.41, 5.74) is 3.76. The van der Waals surface area contributed by atoms with Gasteiger partial charge in [0, 0.05) is 63.1 Å². The van der Waals surface area contributed by atoms with Gasteiger partial charge in [-0.15, -0.1) is 0 Å². The normalized spacial score (nSPS) is 11.6. The van der Waals surface area contributed by atoms with E-state index in [1.54, 1.807) is 12.1 Å². The highest BCUT2D eigenvalue weighted by Gasteiger charge is 2.18. The van der Waals surface area contributed by atoms with Crippen LogP contribution in [0.1, 0.15) is 11.1 Å². The van der Waals surface area contributed by atoms with Gasteiger partial charge in [-0.2, -0.15) is 4.98 Å². The maximum atomic E-state index is 13.2. The molecule has 4 aromatic carbocycles. The number of para-hydroxylation sites is 1. The Morgan fingerprint density at radius 2 is 1.31 bits per heavy atom. The first kappa shape index (κ1) is 26.4. The number of hydrogen-bond donors (Lipinski definition) is 2. The maximum Gasteiger partial charge on any atom is 0.241 e. The van der Waals surface area contributed by atoms with E-state index in [2.05, 4.69) is 20.0 Å². The molecule has 0 aliphatic carbocycles. The molecule has 200 valence electrons. The molecular formula is C30H32N6O2S. The van der Waals surface area contributed by atoms with Crippen LogP contribution >= 0.6 is 0 Å². The first-order valence-electron chi connectivity index (χ1n) is 12.7. The Morgan fingerprint density at radius 1 is 0.667 bits per heavy atom. The first-order chi connectivity index (χ1) is 18.7. The third-order valence-electron chi connectivity index (χ3n) is 6.58.